The van der Waals surface area contributed by atoms with E-state index < -0.39 is 6.16 Å². The molecule has 0 unspecified atom stereocenters. The van der Waals surface area contributed by atoms with Crippen LogP contribution in [-0.2, 0) is 9.47 Å². The summed E-state index contributed by atoms with van der Waals surface area (Å²) < 4.78 is 9.31. The summed E-state index contributed by atoms with van der Waals surface area (Å²) in [6.07, 6.45) is 3.56. The molecule has 0 bridgehead atoms. The topological polar surface area (TPSA) is 35.5 Å². The van der Waals surface area contributed by atoms with Crippen molar-refractivity contribution >= 4 is 17.8 Å². The third-order valence-electron chi connectivity index (χ3n) is 2.65. The highest BCUT2D eigenvalue weighted by atomic mass is 35.5. The van der Waals surface area contributed by atoms with E-state index in [1.54, 1.807) is 0 Å². The Bertz CT molecular complexity index is 244. The highest BCUT2D eigenvalue weighted by Gasteiger charge is 2.24. The molecule has 3 nitrogen and oxygen atoms in total. The van der Waals surface area contributed by atoms with Gasteiger partial charge in [-0.3, -0.25) is 0 Å². The lowest BCUT2D eigenvalue weighted by Crippen LogP contribution is -2.20. The summed E-state index contributed by atoms with van der Waals surface area (Å²) in [4.78, 5) is 10.9. The molecular formula is C14H27ClO3. The van der Waals surface area contributed by atoms with Crippen molar-refractivity contribution in [2.45, 2.75) is 60.3 Å². The molecule has 0 aliphatic heterocycles. The molecule has 0 radical (unpaired) electrons. The molecule has 18 heavy (non-hydrogen) atoms. The minimum atomic E-state index is -0.682. The number of carbonyl (C=O) groups is 1. The van der Waals surface area contributed by atoms with E-state index in [0.717, 1.165) is 19.3 Å². The molecule has 0 spiro atoms. The molecule has 0 rings (SSSR count). The van der Waals surface area contributed by atoms with E-state index in [9.17, 15) is 4.79 Å². The molecule has 0 aromatic carbocycles. The first-order valence-electron chi connectivity index (χ1n) is 6.52. The summed E-state index contributed by atoms with van der Waals surface area (Å²) in [5, 5.41) is 0. The van der Waals surface area contributed by atoms with Gasteiger partial charge in [0.25, 0.3) is 0 Å². The number of halogens is 1. The van der Waals surface area contributed by atoms with Crippen LogP contribution in [0.1, 0.15) is 60.3 Å². The van der Waals surface area contributed by atoms with Crippen molar-refractivity contribution in [3.8, 4) is 0 Å². The minimum Gasteiger partial charge on any atom is -0.434 e. The maximum Gasteiger partial charge on any atom is 0.509 e. The number of alkyl halides is 1. The Kier molecular flexibility index (Phi) is 7.69. The minimum absolute atomic E-state index is 0.155. The number of unbranched alkanes of at least 4 members (excludes halogenated alkanes) is 1. The van der Waals surface area contributed by atoms with Gasteiger partial charge in [0.2, 0.25) is 0 Å². The predicted octanol–water partition coefficient (Wildman–Crippen LogP) is 4.97. The summed E-state index contributed by atoms with van der Waals surface area (Å²) >= 11 is 5.23. The smallest absolute Gasteiger partial charge is 0.434 e. The maximum atomic E-state index is 10.9. The van der Waals surface area contributed by atoms with Gasteiger partial charge in [-0.05, 0) is 36.5 Å². The average molecular weight is 279 g/mol. The van der Waals surface area contributed by atoms with Crippen LogP contribution >= 0.6 is 11.6 Å². The zero-order chi connectivity index (χ0) is 14.2. The number of rotatable bonds is 7. The Morgan fingerprint density at radius 1 is 1.06 bits per heavy atom. The van der Waals surface area contributed by atoms with Crippen LogP contribution < -0.4 is 0 Å². The van der Waals surface area contributed by atoms with Gasteiger partial charge in [-0.2, -0.15) is 0 Å². The third-order valence-corrected chi connectivity index (χ3v) is 2.76. The first kappa shape index (κ1) is 17.6. The van der Waals surface area contributed by atoms with Crippen LogP contribution in [0.3, 0.4) is 0 Å². The van der Waals surface area contributed by atoms with Gasteiger partial charge < -0.3 is 9.47 Å². The summed E-state index contributed by atoms with van der Waals surface area (Å²) in [5.41, 5.74) is 0.680. The highest BCUT2D eigenvalue weighted by Crippen LogP contribution is 2.36. The van der Waals surface area contributed by atoms with Gasteiger partial charge in [0.15, 0.2) is 6.07 Å². The van der Waals surface area contributed by atoms with Crippen LogP contribution in [0.15, 0.2) is 0 Å². The monoisotopic (exact) mass is 278 g/mol. The Morgan fingerprint density at radius 3 is 2.17 bits per heavy atom. The van der Waals surface area contributed by atoms with Gasteiger partial charge in [0.1, 0.15) is 0 Å². The largest absolute Gasteiger partial charge is 0.509 e. The van der Waals surface area contributed by atoms with E-state index in [0.29, 0.717) is 17.4 Å². The Balaban J connectivity index is 3.68. The fraction of sp³-hybridized carbons (Fsp3) is 0.929. The van der Waals surface area contributed by atoms with Crippen LogP contribution in [-0.4, -0.2) is 18.8 Å². The number of hydrogen-bond acceptors (Lipinski definition) is 3. The highest BCUT2D eigenvalue weighted by molar-refractivity contribution is 6.17. The van der Waals surface area contributed by atoms with Crippen LogP contribution in [0, 0.1) is 10.8 Å². The fourth-order valence-corrected chi connectivity index (χ4v) is 2.56. The summed E-state index contributed by atoms with van der Waals surface area (Å²) in [7, 11) is 0. The standard InChI is InChI=1S/C14H27ClO3/c1-13(2,3)10-14(4,5)8-6-7-9-17-12(16)18-11-15/h6-11H2,1-5H3. The molecule has 4 heteroatoms. The molecule has 0 N–H and O–H groups in total. The van der Waals surface area contributed by atoms with Gasteiger partial charge in [-0.15, -0.1) is 0 Å². The number of hydrogen-bond donors (Lipinski definition) is 0. The molecule has 0 aromatic rings. The Hall–Kier alpha value is -0.440. The molecule has 0 saturated heterocycles. The third kappa shape index (κ3) is 10.7. The SMILES string of the molecule is CC(C)(C)CC(C)(C)CCCCOC(=O)OCCl. The van der Waals surface area contributed by atoms with Crippen molar-refractivity contribution in [1.82, 2.24) is 0 Å². The molecule has 0 fully saturated rings. The Labute approximate surface area is 116 Å². The van der Waals surface area contributed by atoms with Gasteiger partial charge in [0, 0.05) is 0 Å². The fourth-order valence-electron chi connectivity index (χ4n) is 2.47. The van der Waals surface area contributed by atoms with Gasteiger partial charge in [-0.25, -0.2) is 4.79 Å². The van der Waals surface area contributed by atoms with Crippen LogP contribution in [0.2, 0.25) is 0 Å². The average Bonchev–Trinajstić information content (AvgIpc) is 2.13. The van der Waals surface area contributed by atoms with E-state index in [1.165, 1.54) is 6.42 Å². The normalized spacial score (nSPS) is 12.3. The first-order chi connectivity index (χ1) is 8.16. The van der Waals surface area contributed by atoms with Crippen molar-refractivity contribution < 1.29 is 14.3 Å². The van der Waals surface area contributed by atoms with E-state index in [2.05, 4.69) is 39.4 Å². The molecular weight excluding hydrogens is 252 g/mol. The van der Waals surface area contributed by atoms with Gasteiger partial charge in [0.05, 0.1) is 6.61 Å². The summed E-state index contributed by atoms with van der Waals surface area (Å²) in [5.74, 6) is 0. The lowest BCUT2D eigenvalue weighted by Gasteiger charge is -2.32. The molecule has 0 atom stereocenters. The molecule has 0 heterocycles. The van der Waals surface area contributed by atoms with Crippen LogP contribution in [0.25, 0.3) is 0 Å². The van der Waals surface area contributed by atoms with E-state index in [-0.39, 0.29) is 6.07 Å². The van der Waals surface area contributed by atoms with Crippen molar-refractivity contribution in [2.75, 3.05) is 12.7 Å². The lowest BCUT2D eigenvalue weighted by molar-refractivity contribution is 0.0654. The quantitative estimate of drug-likeness (QED) is 0.375. The van der Waals surface area contributed by atoms with Crippen molar-refractivity contribution in [3.05, 3.63) is 0 Å². The van der Waals surface area contributed by atoms with Crippen molar-refractivity contribution in [2.24, 2.45) is 10.8 Å². The van der Waals surface area contributed by atoms with E-state index in [1.807, 2.05) is 0 Å². The first-order valence-corrected chi connectivity index (χ1v) is 7.05. The molecule has 0 saturated carbocycles. The summed E-state index contributed by atoms with van der Waals surface area (Å²) in [6.45, 7) is 11.8. The summed E-state index contributed by atoms with van der Waals surface area (Å²) in [6, 6.07) is -0.155. The zero-order valence-electron chi connectivity index (χ0n) is 12.3. The second-order valence-corrected chi connectivity index (χ2v) is 6.93. The molecule has 0 amide bonds. The predicted molar refractivity (Wildman–Crippen MR) is 74.9 cm³/mol. The molecule has 0 aliphatic carbocycles. The van der Waals surface area contributed by atoms with Crippen LogP contribution in [0.5, 0.6) is 0 Å². The van der Waals surface area contributed by atoms with Crippen molar-refractivity contribution in [3.63, 3.8) is 0 Å². The van der Waals surface area contributed by atoms with Crippen molar-refractivity contribution in [1.29, 1.82) is 0 Å². The van der Waals surface area contributed by atoms with Gasteiger partial charge >= 0.3 is 6.16 Å². The molecule has 0 aliphatic rings. The number of carbonyl (C=O) groups excluding carboxylic acids is 1. The second kappa shape index (κ2) is 7.88. The Morgan fingerprint density at radius 2 is 1.67 bits per heavy atom. The second-order valence-electron chi connectivity index (χ2n) is 6.71. The number of ether oxygens (including phenoxy) is 2. The molecule has 108 valence electrons. The zero-order valence-corrected chi connectivity index (χ0v) is 13.1. The lowest BCUT2D eigenvalue weighted by atomic mass is 9.74. The molecule has 0 aromatic heterocycles. The van der Waals surface area contributed by atoms with E-state index >= 15 is 0 Å². The van der Waals surface area contributed by atoms with Crippen LogP contribution in [0.4, 0.5) is 4.79 Å². The van der Waals surface area contributed by atoms with Gasteiger partial charge in [-0.1, -0.05) is 46.2 Å². The van der Waals surface area contributed by atoms with E-state index in [4.69, 9.17) is 16.3 Å². The maximum absolute atomic E-state index is 10.9.